The van der Waals surface area contributed by atoms with E-state index in [9.17, 15) is 9.18 Å². The molecule has 2 aromatic rings. The lowest BCUT2D eigenvalue weighted by Crippen LogP contribution is -1.98. The Hall–Kier alpha value is -1.47. The second-order valence-electron chi connectivity index (χ2n) is 4.03. The Morgan fingerprint density at radius 1 is 1.35 bits per heavy atom. The molecule has 106 valence electrons. The van der Waals surface area contributed by atoms with Gasteiger partial charge in [0, 0.05) is 13.0 Å². The van der Waals surface area contributed by atoms with Gasteiger partial charge >= 0.3 is 0 Å². The molecule has 0 fully saturated rings. The van der Waals surface area contributed by atoms with Gasteiger partial charge in [-0.3, -0.25) is 4.79 Å². The first-order valence-corrected chi connectivity index (χ1v) is 7.94. The maximum Gasteiger partial charge on any atom is 0.206 e. The van der Waals surface area contributed by atoms with E-state index in [1.54, 1.807) is 12.1 Å². The number of halogens is 1. The van der Waals surface area contributed by atoms with Crippen LogP contribution in [0.1, 0.15) is 18.9 Å². The van der Waals surface area contributed by atoms with E-state index >= 15 is 0 Å². The zero-order chi connectivity index (χ0) is 14.4. The highest BCUT2D eigenvalue weighted by atomic mass is 32.2. The first-order valence-electron chi connectivity index (χ1n) is 6.13. The van der Waals surface area contributed by atoms with E-state index in [0.717, 1.165) is 9.90 Å². The number of nitrogens with one attached hydrogen (secondary N) is 1. The first kappa shape index (κ1) is 14.9. The summed E-state index contributed by atoms with van der Waals surface area (Å²) in [7, 11) is 0. The summed E-state index contributed by atoms with van der Waals surface area (Å²) >= 11 is 2.81. The van der Waals surface area contributed by atoms with Crippen molar-refractivity contribution in [3.63, 3.8) is 0 Å². The van der Waals surface area contributed by atoms with Crippen LogP contribution in [0.3, 0.4) is 0 Å². The van der Waals surface area contributed by atoms with Crippen LogP contribution in [0.5, 0.6) is 0 Å². The SMILES string of the molecule is CCC(=O)CSc1nnc(NCc2ccc(F)cc2)s1. The van der Waals surface area contributed by atoms with E-state index in [2.05, 4.69) is 15.5 Å². The van der Waals surface area contributed by atoms with Gasteiger partial charge in [0.25, 0.3) is 0 Å². The van der Waals surface area contributed by atoms with Gasteiger partial charge in [-0.1, -0.05) is 42.2 Å². The number of carbonyl (C=O) groups excluding carboxylic acids is 1. The Morgan fingerprint density at radius 2 is 2.10 bits per heavy atom. The number of benzene rings is 1. The number of hydrogen-bond acceptors (Lipinski definition) is 6. The standard InChI is InChI=1S/C13H14FN3OS2/c1-2-11(18)8-19-13-17-16-12(20-13)15-7-9-3-5-10(14)6-4-9/h3-6H,2,7-8H2,1H3,(H,15,16). The van der Waals surface area contributed by atoms with Crippen LogP contribution >= 0.6 is 23.1 Å². The maximum atomic E-state index is 12.8. The van der Waals surface area contributed by atoms with Crippen LogP contribution in [-0.2, 0) is 11.3 Å². The number of aromatic nitrogens is 2. The molecule has 0 atom stereocenters. The molecule has 7 heteroatoms. The molecule has 1 heterocycles. The molecule has 1 aromatic heterocycles. The normalized spacial score (nSPS) is 10.5. The predicted molar refractivity (Wildman–Crippen MR) is 79.7 cm³/mol. The molecule has 0 saturated heterocycles. The third kappa shape index (κ3) is 4.57. The smallest absolute Gasteiger partial charge is 0.206 e. The molecule has 0 saturated carbocycles. The van der Waals surface area contributed by atoms with Gasteiger partial charge in [-0.2, -0.15) is 0 Å². The number of thioether (sulfide) groups is 1. The highest BCUT2D eigenvalue weighted by Crippen LogP contribution is 2.25. The van der Waals surface area contributed by atoms with Crippen molar-refractivity contribution in [2.45, 2.75) is 24.2 Å². The van der Waals surface area contributed by atoms with Crippen LogP contribution in [0.4, 0.5) is 9.52 Å². The molecule has 0 aliphatic carbocycles. The van der Waals surface area contributed by atoms with E-state index in [4.69, 9.17) is 0 Å². The lowest BCUT2D eigenvalue weighted by atomic mass is 10.2. The summed E-state index contributed by atoms with van der Waals surface area (Å²) in [5, 5.41) is 11.8. The predicted octanol–water partition coefficient (Wildman–Crippen LogP) is 3.36. The van der Waals surface area contributed by atoms with E-state index in [1.165, 1.54) is 35.2 Å². The lowest BCUT2D eigenvalue weighted by molar-refractivity contribution is -0.116. The van der Waals surface area contributed by atoms with Crippen molar-refractivity contribution in [1.82, 2.24) is 10.2 Å². The fourth-order valence-electron chi connectivity index (χ4n) is 1.36. The van der Waals surface area contributed by atoms with E-state index in [-0.39, 0.29) is 11.6 Å². The molecule has 1 aromatic carbocycles. The van der Waals surface area contributed by atoms with Crippen LogP contribution in [0.15, 0.2) is 28.6 Å². The van der Waals surface area contributed by atoms with Gasteiger partial charge in [-0.05, 0) is 17.7 Å². The van der Waals surface area contributed by atoms with Crippen molar-refractivity contribution in [1.29, 1.82) is 0 Å². The number of ketones is 1. The van der Waals surface area contributed by atoms with E-state index in [1.807, 2.05) is 6.92 Å². The largest absolute Gasteiger partial charge is 0.356 e. The highest BCUT2D eigenvalue weighted by Gasteiger charge is 2.07. The molecular formula is C13H14FN3OS2. The van der Waals surface area contributed by atoms with Crippen LogP contribution in [-0.4, -0.2) is 21.7 Å². The minimum absolute atomic E-state index is 0.200. The third-order valence-electron chi connectivity index (χ3n) is 2.51. The number of anilines is 1. The molecule has 0 unspecified atom stereocenters. The van der Waals surface area contributed by atoms with Crippen molar-refractivity contribution >= 4 is 34.0 Å². The summed E-state index contributed by atoms with van der Waals surface area (Å²) in [6.07, 6.45) is 0.543. The summed E-state index contributed by atoms with van der Waals surface area (Å²) in [4.78, 5) is 11.2. The molecule has 0 amide bonds. The number of hydrogen-bond donors (Lipinski definition) is 1. The molecule has 0 radical (unpaired) electrons. The Morgan fingerprint density at radius 3 is 2.80 bits per heavy atom. The monoisotopic (exact) mass is 311 g/mol. The zero-order valence-corrected chi connectivity index (χ0v) is 12.6. The van der Waals surface area contributed by atoms with Gasteiger partial charge in [-0.15, -0.1) is 10.2 Å². The lowest BCUT2D eigenvalue weighted by Gasteiger charge is -2.01. The van der Waals surface area contributed by atoms with Gasteiger partial charge in [0.05, 0.1) is 5.75 Å². The molecule has 2 rings (SSSR count). The van der Waals surface area contributed by atoms with E-state index < -0.39 is 0 Å². The fourth-order valence-corrected chi connectivity index (χ4v) is 3.07. The van der Waals surface area contributed by atoms with Crippen molar-refractivity contribution in [2.24, 2.45) is 0 Å². The van der Waals surface area contributed by atoms with Gasteiger partial charge in [-0.25, -0.2) is 4.39 Å². The van der Waals surface area contributed by atoms with Crippen LogP contribution in [0, 0.1) is 5.82 Å². The van der Waals surface area contributed by atoms with Crippen LogP contribution in [0.25, 0.3) is 0 Å². The molecule has 0 bridgehead atoms. The summed E-state index contributed by atoms with van der Waals surface area (Å²) in [6.45, 7) is 2.41. The number of carbonyl (C=O) groups is 1. The zero-order valence-electron chi connectivity index (χ0n) is 10.9. The molecule has 0 aliphatic heterocycles. The topological polar surface area (TPSA) is 54.9 Å². The van der Waals surface area contributed by atoms with Gasteiger partial charge in [0.15, 0.2) is 4.34 Å². The summed E-state index contributed by atoms with van der Waals surface area (Å²) in [5.41, 5.74) is 0.969. The molecule has 4 nitrogen and oxygen atoms in total. The quantitative estimate of drug-likeness (QED) is 0.795. The minimum atomic E-state index is -0.246. The third-order valence-corrected chi connectivity index (χ3v) is 4.59. The molecule has 1 N–H and O–H groups in total. The second-order valence-corrected chi connectivity index (χ2v) is 6.23. The Bertz CT molecular complexity index is 571. The van der Waals surface area contributed by atoms with Crippen molar-refractivity contribution < 1.29 is 9.18 Å². The van der Waals surface area contributed by atoms with Gasteiger partial charge in [0.1, 0.15) is 11.6 Å². The van der Waals surface area contributed by atoms with Crippen molar-refractivity contribution in [2.75, 3.05) is 11.1 Å². The van der Waals surface area contributed by atoms with Crippen LogP contribution in [0.2, 0.25) is 0 Å². The first-order chi connectivity index (χ1) is 9.67. The number of rotatable bonds is 7. The molecule has 0 spiro atoms. The molecule has 20 heavy (non-hydrogen) atoms. The fraction of sp³-hybridized carbons (Fsp3) is 0.308. The summed E-state index contributed by atoms with van der Waals surface area (Å²) in [5.74, 6) is 0.387. The Balaban J connectivity index is 1.83. The van der Waals surface area contributed by atoms with Gasteiger partial charge in [0.2, 0.25) is 5.13 Å². The van der Waals surface area contributed by atoms with Gasteiger partial charge < -0.3 is 5.32 Å². The van der Waals surface area contributed by atoms with Crippen molar-refractivity contribution in [3.05, 3.63) is 35.6 Å². The number of Topliss-reactive ketones (excluding diaryl/α,β-unsaturated/α-hetero) is 1. The Labute approximate surface area is 124 Å². The van der Waals surface area contributed by atoms with Crippen LogP contribution < -0.4 is 5.32 Å². The Kier molecular flexibility index (Phi) is 5.49. The molecule has 0 aliphatic rings. The average Bonchev–Trinajstić information content (AvgIpc) is 2.92. The maximum absolute atomic E-state index is 12.8. The summed E-state index contributed by atoms with van der Waals surface area (Å²) in [6, 6.07) is 6.29. The average molecular weight is 311 g/mol. The summed E-state index contributed by atoms with van der Waals surface area (Å²) < 4.78 is 13.5. The van der Waals surface area contributed by atoms with E-state index in [0.29, 0.717) is 23.8 Å². The number of nitrogens with zero attached hydrogens (tertiary/aromatic N) is 2. The second kappa shape index (κ2) is 7.35. The minimum Gasteiger partial charge on any atom is -0.356 e. The highest BCUT2D eigenvalue weighted by molar-refractivity contribution is 8.01. The van der Waals surface area contributed by atoms with Crippen molar-refractivity contribution in [3.8, 4) is 0 Å². The molecular weight excluding hydrogens is 297 g/mol.